The van der Waals surface area contributed by atoms with Crippen LogP contribution in [0.15, 0.2) is 24.3 Å². The minimum atomic E-state index is -0.646. The van der Waals surface area contributed by atoms with Gasteiger partial charge in [0.1, 0.15) is 0 Å². The van der Waals surface area contributed by atoms with Crippen molar-refractivity contribution in [2.75, 3.05) is 0 Å². The average Bonchev–Trinajstić information content (AvgIpc) is 2.26. The van der Waals surface area contributed by atoms with E-state index < -0.39 is 5.54 Å². The van der Waals surface area contributed by atoms with Crippen molar-refractivity contribution in [1.82, 2.24) is 5.43 Å². The molecule has 4 nitrogen and oxygen atoms in total. The minimum absolute atomic E-state index is 0.00435. The van der Waals surface area contributed by atoms with Gasteiger partial charge in [0.05, 0.1) is 5.54 Å². The van der Waals surface area contributed by atoms with Crippen molar-refractivity contribution in [1.29, 1.82) is 0 Å². The summed E-state index contributed by atoms with van der Waals surface area (Å²) in [5.41, 5.74) is 3.92. The molecule has 0 bridgehead atoms. The van der Waals surface area contributed by atoms with E-state index >= 15 is 0 Å². The van der Waals surface area contributed by atoms with Crippen LogP contribution in [-0.4, -0.2) is 11.4 Å². The highest BCUT2D eigenvalue weighted by atomic mass is 16.2. The van der Waals surface area contributed by atoms with E-state index in [0.717, 1.165) is 12.0 Å². The molecule has 1 atom stereocenters. The highest BCUT2D eigenvalue weighted by Crippen LogP contribution is 2.28. The first-order valence-corrected chi connectivity index (χ1v) is 5.85. The van der Waals surface area contributed by atoms with E-state index in [1.165, 1.54) is 5.56 Å². The Morgan fingerprint density at radius 1 is 1.35 bits per heavy atom. The average molecular weight is 234 g/mol. The number of nitrogens with two attached hydrogens (primary N) is 2. The molecule has 0 aromatic heterocycles. The number of carbonyl (C=O) groups excluding carboxylic acids is 1. The zero-order valence-electron chi connectivity index (χ0n) is 10.6. The Hall–Kier alpha value is -1.39. The maximum atomic E-state index is 12.1. The van der Waals surface area contributed by atoms with E-state index in [9.17, 15) is 4.79 Å². The van der Waals surface area contributed by atoms with Gasteiger partial charge in [-0.15, -0.1) is 0 Å². The highest BCUT2D eigenvalue weighted by Gasteiger charge is 2.48. The molecule has 4 heteroatoms. The molecule has 0 spiro atoms. The Labute approximate surface area is 102 Å². The standard InChI is InChI=1S/C13H19N3O/c1-12(2)8-9-6-4-5-7-10(9)13(3,16-12)11(17)15-14/h4-7,16H,8,14H2,1-3H3,(H,15,17)/p+1/t13-/m0/s1. The summed E-state index contributed by atoms with van der Waals surface area (Å²) in [6, 6.07) is 8.08. The van der Waals surface area contributed by atoms with Crippen molar-refractivity contribution in [3.8, 4) is 0 Å². The highest BCUT2D eigenvalue weighted by molar-refractivity contribution is 5.85. The molecule has 0 saturated carbocycles. The fourth-order valence-electron chi connectivity index (χ4n) is 2.92. The largest absolute Gasteiger partial charge is 0.325 e. The van der Waals surface area contributed by atoms with Gasteiger partial charge in [0.2, 0.25) is 0 Å². The summed E-state index contributed by atoms with van der Waals surface area (Å²) in [6.07, 6.45) is 0.955. The third-order valence-electron chi connectivity index (χ3n) is 3.51. The summed E-state index contributed by atoms with van der Waals surface area (Å²) in [5.74, 6) is 5.16. The Bertz CT molecular complexity index is 456. The minimum Gasteiger partial charge on any atom is -0.325 e. The lowest BCUT2D eigenvalue weighted by Crippen LogP contribution is -3.06. The predicted molar refractivity (Wildman–Crippen MR) is 65.8 cm³/mol. The van der Waals surface area contributed by atoms with Gasteiger partial charge >= 0.3 is 0 Å². The van der Waals surface area contributed by atoms with Gasteiger partial charge in [-0.1, -0.05) is 24.3 Å². The molecule has 1 aliphatic heterocycles. The summed E-state index contributed by atoms with van der Waals surface area (Å²) < 4.78 is 0. The van der Waals surface area contributed by atoms with Crippen LogP contribution in [0.25, 0.3) is 0 Å². The van der Waals surface area contributed by atoms with Crippen LogP contribution < -0.4 is 16.6 Å². The quantitative estimate of drug-likeness (QED) is 0.357. The van der Waals surface area contributed by atoms with Crippen molar-refractivity contribution in [2.24, 2.45) is 5.84 Å². The number of quaternary nitrogens is 1. The first-order chi connectivity index (χ1) is 7.89. The lowest BCUT2D eigenvalue weighted by atomic mass is 9.76. The molecule has 92 valence electrons. The van der Waals surface area contributed by atoms with E-state index in [0.29, 0.717) is 0 Å². The molecule has 0 fully saturated rings. The van der Waals surface area contributed by atoms with Crippen LogP contribution >= 0.6 is 0 Å². The van der Waals surface area contributed by atoms with Crippen molar-refractivity contribution >= 4 is 5.91 Å². The summed E-state index contributed by atoms with van der Waals surface area (Å²) in [7, 11) is 0. The summed E-state index contributed by atoms with van der Waals surface area (Å²) in [6.45, 7) is 6.21. The molecule has 5 N–H and O–H groups in total. The van der Waals surface area contributed by atoms with Gasteiger partial charge in [-0.2, -0.15) is 0 Å². The lowest BCUT2D eigenvalue weighted by Gasteiger charge is -2.40. The molecule has 1 aromatic rings. The third kappa shape index (κ3) is 1.94. The van der Waals surface area contributed by atoms with Crippen LogP contribution in [-0.2, 0) is 16.8 Å². The second kappa shape index (κ2) is 3.82. The van der Waals surface area contributed by atoms with Crippen molar-refractivity contribution in [3.05, 3.63) is 35.4 Å². The summed E-state index contributed by atoms with van der Waals surface area (Å²) in [5, 5.41) is 2.10. The summed E-state index contributed by atoms with van der Waals surface area (Å²) >= 11 is 0. The zero-order chi connectivity index (χ0) is 12.7. The van der Waals surface area contributed by atoms with Crippen molar-refractivity contribution < 1.29 is 10.1 Å². The Kier molecular flexibility index (Phi) is 2.72. The first kappa shape index (κ1) is 12.1. The molecule has 0 unspecified atom stereocenters. The van der Waals surface area contributed by atoms with E-state index in [1.54, 1.807) is 0 Å². The van der Waals surface area contributed by atoms with Gasteiger partial charge < -0.3 is 5.32 Å². The number of benzene rings is 1. The van der Waals surface area contributed by atoms with Gasteiger partial charge in [-0.05, 0) is 19.4 Å². The van der Waals surface area contributed by atoms with Gasteiger partial charge in [-0.3, -0.25) is 10.2 Å². The molecule has 0 radical (unpaired) electrons. The van der Waals surface area contributed by atoms with E-state index in [1.807, 2.05) is 25.1 Å². The molecule has 1 amide bonds. The first-order valence-electron chi connectivity index (χ1n) is 5.85. The molecule has 2 rings (SSSR count). The van der Waals surface area contributed by atoms with Crippen molar-refractivity contribution in [2.45, 2.75) is 38.3 Å². The number of hydrazine groups is 1. The number of fused-ring (bicyclic) bond motifs is 1. The fourth-order valence-corrected chi connectivity index (χ4v) is 2.92. The number of carbonyl (C=O) groups is 1. The monoisotopic (exact) mass is 234 g/mol. The summed E-state index contributed by atoms with van der Waals surface area (Å²) in [4.78, 5) is 12.1. The molecule has 1 aliphatic rings. The van der Waals surface area contributed by atoms with Crippen LogP contribution in [0.4, 0.5) is 0 Å². The Morgan fingerprint density at radius 3 is 2.65 bits per heavy atom. The smallest absolute Gasteiger partial charge is 0.299 e. The van der Waals surface area contributed by atoms with Crippen molar-refractivity contribution in [3.63, 3.8) is 0 Å². The maximum absolute atomic E-state index is 12.1. The Balaban J connectivity index is 2.57. The number of rotatable bonds is 1. The molecule has 1 heterocycles. The van der Waals surface area contributed by atoms with Crippen LogP contribution in [0.5, 0.6) is 0 Å². The number of hydrogen-bond donors (Lipinski definition) is 3. The number of amides is 1. The van der Waals surface area contributed by atoms with Gasteiger partial charge in [0.15, 0.2) is 5.54 Å². The second-order valence-corrected chi connectivity index (χ2v) is 5.64. The van der Waals surface area contributed by atoms with E-state index in [-0.39, 0.29) is 11.4 Å². The van der Waals surface area contributed by atoms with Crippen LogP contribution in [0, 0.1) is 0 Å². The van der Waals surface area contributed by atoms with Crippen LogP contribution in [0.3, 0.4) is 0 Å². The normalized spacial score (nSPS) is 26.1. The molecule has 1 aromatic carbocycles. The van der Waals surface area contributed by atoms with Gasteiger partial charge in [0, 0.05) is 18.9 Å². The van der Waals surface area contributed by atoms with Gasteiger partial charge in [-0.25, -0.2) is 5.84 Å². The van der Waals surface area contributed by atoms with Crippen LogP contribution in [0.1, 0.15) is 31.9 Å². The second-order valence-electron chi connectivity index (χ2n) is 5.64. The topological polar surface area (TPSA) is 71.7 Å². The molecular formula is C13H20N3O+. The predicted octanol–water partition coefficient (Wildman–Crippen LogP) is -0.210. The van der Waals surface area contributed by atoms with Gasteiger partial charge in [0.25, 0.3) is 5.91 Å². The number of nitrogens with one attached hydrogen (secondary N) is 1. The fraction of sp³-hybridized carbons (Fsp3) is 0.462. The molecule has 17 heavy (non-hydrogen) atoms. The molecular weight excluding hydrogens is 214 g/mol. The lowest BCUT2D eigenvalue weighted by molar-refractivity contribution is -0.779. The molecule has 0 saturated heterocycles. The zero-order valence-corrected chi connectivity index (χ0v) is 10.6. The van der Waals surface area contributed by atoms with E-state index in [4.69, 9.17) is 5.84 Å². The SMILES string of the molecule is CC1(C)Cc2ccccc2[C@@](C)(C(=O)NN)[NH2+]1. The third-order valence-corrected chi connectivity index (χ3v) is 3.51. The number of hydrogen-bond acceptors (Lipinski definition) is 2. The van der Waals surface area contributed by atoms with E-state index in [2.05, 4.69) is 30.7 Å². The molecule has 0 aliphatic carbocycles. The van der Waals surface area contributed by atoms with Crippen LogP contribution in [0.2, 0.25) is 0 Å². The Morgan fingerprint density at radius 2 is 2.00 bits per heavy atom. The maximum Gasteiger partial charge on any atom is 0.299 e.